The lowest BCUT2D eigenvalue weighted by Crippen LogP contribution is -2.51. The van der Waals surface area contributed by atoms with Gasteiger partial charge < -0.3 is 9.84 Å². The number of hydrogen-bond acceptors (Lipinski definition) is 5. The average Bonchev–Trinajstić information content (AvgIpc) is 3.53. The molecule has 1 fully saturated rings. The van der Waals surface area contributed by atoms with Crippen molar-refractivity contribution in [2.24, 2.45) is 16.8 Å². The van der Waals surface area contributed by atoms with Crippen LogP contribution >= 0.6 is 0 Å². The summed E-state index contributed by atoms with van der Waals surface area (Å²) in [5, 5.41) is 9.55. The van der Waals surface area contributed by atoms with E-state index in [2.05, 4.69) is 23.8 Å². The molecule has 1 aromatic heterocycles. The molecule has 2 unspecified atom stereocenters. The van der Waals surface area contributed by atoms with Crippen molar-refractivity contribution < 1.29 is 9.84 Å². The quantitative estimate of drug-likeness (QED) is 0.500. The van der Waals surface area contributed by atoms with Gasteiger partial charge in [0.1, 0.15) is 6.10 Å². The second kappa shape index (κ2) is 9.95. The summed E-state index contributed by atoms with van der Waals surface area (Å²) < 4.78 is 7.73. The Labute approximate surface area is 198 Å². The number of rotatable bonds is 8. The number of epoxide rings is 1. The van der Waals surface area contributed by atoms with Gasteiger partial charge in [-0.15, -0.1) is 0 Å². The number of aliphatic hydroxyl groups is 1. The molecule has 0 spiro atoms. The monoisotopic (exact) mass is 464 g/mol. The van der Waals surface area contributed by atoms with Crippen LogP contribution in [0, 0.1) is 18.8 Å². The minimum absolute atomic E-state index is 0.133. The predicted molar refractivity (Wildman–Crippen MR) is 130 cm³/mol. The summed E-state index contributed by atoms with van der Waals surface area (Å²) in [6.07, 6.45) is -0.235. The summed E-state index contributed by atoms with van der Waals surface area (Å²) in [5.74, 6) is 0.353. The van der Waals surface area contributed by atoms with Crippen LogP contribution in [0.25, 0.3) is 0 Å². The van der Waals surface area contributed by atoms with E-state index >= 15 is 0 Å². The van der Waals surface area contributed by atoms with Gasteiger partial charge in [-0.2, -0.15) is 0 Å². The first-order valence-electron chi connectivity index (χ1n) is 11.7. The van der Waals surface area contributed by atoms with Crippen LogP contribution in [0.4, 0.5) is 5.69 Å². The number of hydrogen-bond donors (Lipinski definition) is 2. The molecule has 0 bridgehead atoms. The van der Waals surface area contributed by atoms with Crippen molar-refractivity contribution in [2.45, 2.75) is 59.6 Å². The molecule has 8 heteroatoms. The number of benzene rings is 2. The molecular weight excluding hydrogens is 432 g/mol. The third-order valence-corrected chi connectivity index (χ3v) is 5.99. The van der Waals surface area contributed by atoms with Crippen molar-refractivity contribution in [2.75, 3.05) is 0 Å². The van der Waals surface area contributed by atoms with E-state index in [4.69, 9.17) is 4.74 Å². The van der Waals surface area contributed by atoms with Gasteiger partial charge in [-0.1, -0.05) is 62.7 Å². The summed E-state index contributed by atoms with van der Waals surface area (Å²) in [7, 11) is 0. The summed E-state index contributed by atoms with van der Waals surface area (Å²) in [5.41, 5.74) is 3.10. The number of aliphatic hydroxyl groups excluding tert-OH is 1. The minimum Gasteiger partial charge on any atom is -0.366 e. The Hall–Kier alpha value is -3.23. The molecule has 1 aliphatic heterocycles. The Kier molecular flexibility index (Phi) is 7.00. The summed E-state index contributed by atoms with van der Waals surface area (Å²) in [6, 6.07) is 15.7. The molecule has 3 aromatic rings. The van der Waals surface area contributed by atoms with Gasteiger partial charge >= 0.3 is 11.4 Å². The Balaban J connectivity index is 1.76. The molecule has 34 heavy (non-hydrogen) atoms. The SMILES string of the molecule is Cc1ccc(Cn2c(=O)n(C[C@H](C)C3OC3O)c(=O)[nH]/c2=N\c2ccc(CC(C)C)cc2)cc1. The second-order valence-electron chi connectivity index (χ2n) is 9.56. The first kappa shape index (κ1) is 23.9. The van der Waals surface area contributed by atoms with Crippen molar-refractivity contribution in [1.82, 2.24) is 14.1 Å². The second-order valence-corrected chi connectivity index (χ2v) is 9.56. The summed E-state index contributed by atoms with van der Waals surface area (Å²) in [6.45, 7) is 8.58. The number of aryl methyl sites for hydroxylation is 1. The molecule has 3 atom stereocenters. The highest BCUT2D eigenvalue weighted by Gasteiger charge is 2.41. The lowest BCUT2D eigenvalue weighted by molar-refractivity contribution is 0.155. The molecule has 0 radical (unpaired) electrons. The molecule has 4 rings (SSSR count). The van der Waals surface area contributed by atoms with Gasteiger partial charge in [-0.3, -0.25) is 9.55 Å². The molecule has 2 N–H and O–H groups in total. The molecule has 1 saturated heterocycles. The van der Waals surface area contributed by atoms with Crippen LogP contribution in [-0.4, -0.2) is 31.6 Å². The van der Waals surface area contributed by atoms with E-state index in [1.165, 1.54) is 10.1 Å². The molecule has 2 heterocycles. The van der Waals surface area contributed by atoms with Gasteiger partial charge in [0, 0.05) is 12.5 Å². The van der Waals surface area contributed by atoms with Crippen LogP contribution in [-0.2, 0) is 24.2 Å². The fourth-order valence-corrected chi connectivity index (χ4v) is 4.04. The van der Waals surface area contributed by atoms with Crippen LogP contribution in [0.2, 0.25) is 0 Å². The Bertz CT molecular complexity index is 1320. The third-order valence-electron chi connectivity index (χ3n) is 5.99. The maximum atomic E-state index is 13.5. The largest absolute Gasteiger partial charge is 0.366 e. The third kappa shape index (κ3) is 5.63. The first-order valence-corrected chi connectivity index (χ1v) is 11.7. The number of nitrogens with one attached hydrogen (secondary N) is 1. The van der Waals surface area contributed by atoms with E-state index in [9.17, 15) is 14.7 Å². The highest BCUT2D eigenvalue weighted by Crippen LogP contribution is 2.27. The summed E-state index contributed by atoms with van der Waals surface area (Å²) >= 11 is 0. The Morgan fingerprint density at radius 2 is 1.62 bits per heavy atom. The molecule has 0 saturated carbocycles. The maximum absolute atomic E-state index is 13.5. The van der Waals surface area contributed by atoms with E-state index < -0.39 is 17.7 Å². The lowest BCUT2D eigenvalue weighted by atomic mass is 10.0. The molecule has 0 amide bonds. The number of ether oxygens (including phenoxy) is 1. The van der Waals surface area contributed by atoms with Gasteiger partial charge in [0.2, 0.25) is 5.62 Å². The van der Waals surface area contributed by atoms with E-state index in [0.29, 0.717) is 11.6 Å². The smallest absolute Gasteiger partial charge is 0.335 e. The highest BCUT2D eigenvalue weighted by atomic mass is 16.7. The molecular formula is C26H32N4O4. The van der Waals surface area contributed by atoms with Crippen molar-refractivity contribution in [1.29, 1.82) is 0 Å². The van der Waals surface area contributed by atoms with Crippen LogP contribution in [0.3, 0.4) is 0 Å². The van der Waals surface area contributed by atoms with E-state index in [-0.39, 0.29) is 30.7 Å². The first-order chi connectivity index (χ1) is 16.2. The number of aromatic nitrogens is 3. The predicted octanol–water partition coefficient (Wildman–Crippen LogP) is 2.48. The fourth-order valence-electron chi connectivity index (χ4n) is 4.04. The van der Waals surface area contributed by atoms with Gasteiger partial charge in [0.05, 0.1) is 12.2 Å². The Morgan fingerprint density at radius 3 is 2.21 bits per heavy atom. The summed E-state index contributed by atoms with van der Waals surface area (Å²) in [4.78, 5) is 33.7. The highest BCUT2D eigenvalue weighted by molar-refractivity contribution is 5.38. The van der Waals surface area contributed by atoms with Crippen LogP contribution in [0.5, 0.6) is 0 Å². The number of H-pyrrole nitrogens is 1. The molecule has 2 aromatic carbocycles. The van der Waals surface area contributed by atoms with E-state index in [1.807, 2.05) is 62.4 Å². The lowest BCUT2D eigenvalue weighted by Gasteiger charge is -2.14. The van der Waals surface area contributed by atoms with Gasteiger partial charge in [-0.25, -0.2) is 19.1 Å². The van der Waals surface area contributed by atoms with Crippen LogP contribution < -0.4 is 17.0 Å². The zero-order valence-electron chi connectivity index (χ0n) is 20.1. The van der Waals surface area contributed by atoms with Crippen LogP contribution in [0.1, 0.15) is 37.5 Å². The average molecular weight is 465 g/mol. The topological polar surface area (TPSA) is 105 Å². The Morgan fingerprint density at radius 1 is 1.00 bits per heavy atom. The standard InChI is InChI=1S/C26H32N4O4/c1-16(2)13-19-9-11-21(12-10-19)27-24-28-25(32)30(14-18(4)22-23(31)34-22)26(33)29(24)15-20-7-5-17(3)6-8-20/h5-12,16,18,22-23,31H,13-15H2,1-4H3,(H,27,28,32)/t18-,22?,23?/m0/s1. The van der Waals surface area contributed by atoms with E-state index in [1.54, 1.807) is 0 Å². The number of nitrogens with zero attached hydrogens (tertiary/aromatic N) is 3. The normalized spacial score (nSPS) is 18.9. The van der Waals surface area contributed by atoms with Gasteiger partial charge in [0.15, 0.2) is 6.29 Å². The van der Waals surface area contributed by atoms with Crippen molar-refractivity contribution in [3.05, 3.63) is 91.8 Å². The van der Waals surface area contributed by atoms with Gasteiger partial charge in [0.25, 0.3) is 0 Å². The minimum atomic E-state index is -0.836. The van der Waals surface area contributed by atoms with Crippen LogP contribution in [0.15, 0.2) is 63.1 Å². The molecule has 0 aliphatic carbocycles. The van der Waals surface area contributed by atoms with Crippen molar-refractivity contribution >= 4 is 5.69 Å². The van der Waals surface area contributed by atoms with Gasteiger partial charge in [-0.05, 0) is 42.5 Å². The molecule has 8 nitrogen and oxygen atoms in total. The zero-order chi connectivity index (χ0) is 24.4. The van der Waals surface area contributed by atoms with Crippen molar-refractivity contribution in [3.8, 4) is 0 Å². The van der Waals surface area contributed by atoms with Crippen molar-refractivity contribution in [3.63, 3.8) is 0 Å². The van der Waals surface area contributed by atoms with E-state index in [0.717, 1.165) is 22.1 Å². The number of aromatic amines is 1. The fraction of sp³-hybridized carbons (Fsp3) is 0.423. The maximum Gasteiger partial charge on any atom is 0.335 e. The molecule has 1 aliphatic rings. The molecule has 180 valence electrons. The zero-order valence-corrected chi connectivity index (χ0v) is 20.1.